The Morgan fingerprint density at radius 1 is 1.26 bits per heavy atom. The van der Waals surface area contributed by atoms with E-state index < -0.39 is 0 Å². The molecule has 2 N–H and O–H groups in total. The van der Waals surface area contributed by atoms with Crippen LogP contribution < -0.4 is 10.6 Å². The fourth-order valence-electron chi connectivity index (χ4n) is 4.68. The molecule has 3 aliphatic rings. The minimum atomic E-state index is -0.0805. The molecule has 2 saturated carbocycles. The molecule has 1 heterocycles. The number of rotatable bonds is 4. The van der Waals surface area contributed by atoms with Gasteiger partial charge in [-0.1, -0.05) is 13.3 Å². The summed E-state index contributed by atoms with van der Waals surface area (Å²) in [4.78, 5) is 12.6. The van der Waals surface area contributed by atoms with E-state index in [2.05, 4.69) is 17.6 Å². The summed E-state index contributed by atoms with van der Waals surface area (Å²) in [6.45, 7) is 5.10. The van der Waals surface area contributed by atoms with Crippen LogP contribution in [-0.2, 0) is 4.79 Å². The van der Waals surface area contributed by atoms with E-state index in [1.807, 2.05) is 0 Å². The third-order valence-electron chi connectivity index (χ3n) is 6.13. The molecule has 2 aliphatic carbocycles. The number of nitrogens with one attached hydrogen (secondary N) is 2. The fourth-order valence-corrected chi connectivity index (χ4v) is 4.68. The smallest absolute Gasteiger partial charge is 0.226 e. The second-order valence-electron chi connectivity index (χ2n) is 7.03. The van der Waals surface area contributed by atoms with Crippen LogP contribution >= 0.6 is 0 Å². The first-order valence-electron chi connectivity index (χ1n) is 8.22. The van der Waals surface area contributed by atoms with Crippen molar-refractivity contribution in [3.63, 3.8) is 0 Å². The maximum atomic E-state index is 12.6. The quantitative estimate of drug-likeness (QED) is 0.818. The van der Waals surface area contributed by atoms with Crippen molar-refractivity contribution < 1.29 is 4.79 Å². The van der Waals surface area contributed by atoms with Crippen molar-refractivity contribution in [2.24, 2.45) is 23.2 Å². The van der Waals surface area contributed by atoms with E-state index in [9.17, 15) is 4.79 Å². The van der Waals surface area contributed by atoms with Crippen LogP contribution in [-0.4, -0.2) is 25.5 Å². The van der Waals surface area contributed by atoms with Crippen molar-refractivity contribution in [2.75, 3.05) is 19.6 Å². The summed E-state index contributed by atoms with van der Waals surface area (Å²) in [5.41, 5.74) is -0.0805. The summed E-state index contributed by atoms with van der Waals surface area (Å²) in [5.74, 6) is 3.00. The van der Waals surface area contributed by atoms with Gasteiger partial charge in [-0.15, -0.1) is 0 Å². The first kappa shape index (κ1) is 13.4. The van der Waals surface area contributed by atoms with Crippen molar-refractivity contribution in [1.82, 2.24) is 10.6 Å². The highest BCUT2D eigenvalue weighted by Gasteiger charge is 2.41. The van der Waals surface area contributed by atoms with E-state index >= 15 is 0 Å². The minimum Gasteiger partial charge on any atom is -0.355 e. The van der Waals surface area contributed by atoms with Crippen LogP contribution in [0.1, 0.15) is 51.9 Å². The average molecular weight is 264 g/mol. The van der Waals surface area contributed by atoms with Gasteiger partial charge in [-0.25, -0.2) is 0 Å². The van der Waals surface area contributed by atoms with Crippen LogP contribution in [0.25, 0.3) is 0 Å². The van der Waals surface area contributed by atoms with Gasteiger partial charge in [-0.05, 0) is 69.4 Å². The number of hydrogen-bond donors (Lipinski definition) is 2. The zero-order valence-corrected chi connectivity index (χ0v) is 12.2. The van der Waals surface area contributed by atoms with E-state index in [-0.39, 0.29) is 5.41 Å². The lowest BCUT2D eigenvalue weighted by atomic mass is 9.75. The number of carbonyl (C=O) groups is 1. The summed E-state index contributed by atoms with van der Waals surface area (Å²) < 4.78 is 0. The minimum absolute atomic E-state index is 0.0805. The van der Waals surface area contributed by atoms with Gasteiger partial charge >= 0.3 is 0 Å². The second kappa shape index (κ2) is 5.43. The van der Waals surface area contributed by atoms with Crippen LogP contribution in [0.2, 0.25) is 0 Å². The monoisotopic (exact) mass is 264 g/mol. The third kappa shape index (κ3) is 2.54. The molecule has 2 bridgehead atoms. The first-order valence-corrected chi connectivity index (χ1v) is 8.22. The predicted molar refractivity (Wildman–Crippen MR) is 76.8 cm³/mol. The molecule has 1 aliphatic heterocycles. The highest BCUT2D eigenvalue weighted by atomic mass is 16.2. The lowest BCUT2D eigenvalue weighted by Gasteiger charge is -2.36. The van der Waals surface area contributed by atoms with Gasteiger partial charge < -0.3 is 10.6 Å². The molecule has 0 aromatic rings. The largest absolute Gasteiger partial charge is 0.355 e. The number of amides is 1. The molecule has 0 aromatic carbocycles. The molecule has 3 fully saturated rings. The molecule has 3 rings (SSSR count). The maximum Gasteiger partial charge on any atom is 0.226 e. The van der Waals surface area contributed by atoms with Gasteiger partial charge in [0.05, 0.1) is 5.41 Å². The standard InChI is InChI=1S/C16H28N2O/c1-2-16(5-7-17-8-6-16)15(19)18-11-14-10-12-3-4-13(14)9-12/h12-14,17H,2-11H2,1H3,(H,18,19). The summed E-state index contributed by atoms with van der Waals surface area (Å²) >= 11 is 0. The molecule has 3 atom stereocenters. The van der Waals surface area contributed by atoms with Crippen molar-refractivity contribution in [1.29, 1.82) is 0 Å². The highest BCUT2D eigenvalue weighted by molar-refractivity contribution is 5.82. The Morgan fingerprint density at radius 3 is 2.63 bits per heavy atom. The van der Waals surface area contributed by atoms with Crippen molar-refractivity contribution in [3.8, 4) is 0 Å². The second-order valence-corrected chi connectivity index (χ2v) is 7.03. The predicted octanol–water partition coefficient (Wildman–Crippen LogP) is 2.32. The Balaban J connectivity index is 1.52. The van der Waals surface area contributed by atoms with Gasteiger partial charge in [0.15, 0.2) is 0 Å². The number of piperidine rings is 1. The molecular formula is C16H28N2O. The first-order chi connectivity index (χ1) is 9.23. The van der Waals surface area contributed by atoms with E-state index in [1.54, 1.807) is 0 Å². The van der Waals surface area contributed by atoms with Crippen LogP contribution in [0, 0.1) is 23.2 Å². The molecule has 3 unspecified atom stereocenters. The van der Waals surface area contributed by atoms with Gasteiger partial charge in [0.25, 0.3) is 0 Å². The van der Waals surface area contributed by atoms with Crippen LogP contribution in [0.15, 0.2) is 0 Å². The van der Waals surface area contributed by atoms with Gasteiger partial charge in [0, 0.05) is 6.54 Å². The zero-order chi connectivity index (χ0) is 13.3. The summed E-state index contributed by atoms with van der Waals surface area (Å²) in [6.07, 6.45) is 8.65. The normalized spacial score (nSPS) is 36.4. The van der Waals surface area contributed by atoms with E-state index in [1.165, 1.54) is 25.7 Å². The molecule has 1 amide bonds. The van der Waals surface area contributed by atoms with E-state index in [0.717, 1.165) is 56.7 Å². The average Bonchev–Trinajstić information content (AvgIpc) is 3.08. The topological polar surface area (TPSA) is 41.1 Å². The van der Waals surface area contributed by atoms with Gasteiger partial charge in [0.2, 0.25) is 5.91 Å². The van der Waals surface area contributed by atoms with Crippen LogP contribution in [0.4, 0.5) is 0 Å². The van der Waals surface area contributed by atoms with Gasteiger partial charge in [-0.2, -0.15) is 0 Å². The molecule has 19 heavy (non-hydrogen) atoms. The van der Waals surface area contributed by atoms with Gasteiger partial charge in [-0.3, -0.25) is 4.79 Å². The Hall–Kier alpha value is -0.570. The molecule has 0 spiro atoms. The van der Waals surface area contributed by atoms with Crippen molar-refractivity contribution >= 4 is 5.91 Å². The summed E-state index contributed by atoms with van der Waals surface area (Å²) in [7, 11) is 0. The molecule has 0 aromatic heterocycles. The van der Waals surface area contributed by atoms with Crippen molar-refractivity contribution in [3.05, 3.63) is 0 Å². The maximum absolute atomic E-state index is 12.6. The highest BCUT2D eigenvalue weighted by Crippen LogP contribution is 2.48. The Bertz CT molecular complexity index is 336. The Labute approximate surface area is 116 Å². The third-order valence-corrected chi connectivity index (χ3v) is 6.13. The van der Waals surface area contributed by atoms with Gasteiger partial charge in [0.1, 0.15) is 0 Å². The van der Waals surface area contributed by atoms with Crippen molar-refractivity contribution in [2.45, 2.75) is 51.9 Å². The van der Waals surface area contributed by atoms with E-state index in [0.29, 0.717) is 5.91 Å². The summed E-state index contributed by atoms with van der Waals surface area (Å²) in [5, 5.41) is 6.67. The summed E-state index contributed by atoms with van der Waals surface area (Å²) in [6, 6.07) is 0. The number of hydrogen-bond acceptors (Lipinski definition) is 2. The molecule has 1 saturated heterocycles. The fraction of sp³-hybridized carbons (Fsp3) is 0.938. The number of carbonyl (C=O) groups excluding carboxylic acids is 1. The molecule has 3 heteroatoms. The van der Waals surface area contributed by atoms with Crippen LogP contribution in [0.3, 0.4) is 0 Å². The molecule has 0 radical (unpaired) electrons. The lowest BCUT2D eigenvalue weighted by Crippen LogP contribution is -2.48. The Kier molecular flexibility index (Phi) is 3.84. The Morgan fingerprint density at radius 2 is 2.05 bits per heavy atom. The molecule has 108 valence electrons. The molecule has 3 nitrogen and oxygen atoms in total. The number of fused-ring (bicyclic) bond motifs is 2. The van der Waals surface area contributed by atoms with E-state index in [4.69, 9.17) is 0 Å². The molecular weight excluding hydrogens is 236 g/mol. The SMILES string of the molecule is CCC1(C(=O)NCC2CC3CCC2C3)CCNCC1. The zero-order valence-electron chi connectivity index (χ0n) is 12.2. The lowest BCUT2D eigenvalue weighted by molar-refractivity contribution is -0.133. The van der Waals surface area contributed by atoms with Crippen LogP contribution in [0.5, 0.6) is 0 Å².